The maximum absolute atomic E-state index is 13.6. The Morgan fingerprint density at radius 3 is 2.72 bits per heavy atom. The minimum atomic E-state index is -0.736. The molecular formula is C17H12Cl2FN3O2. The highest BCUT2D eigenvalue weighted by molar-refractivity contribution is 6.36. The molecule has 0 aliphatic rings. The van der Waals surface area contributed by atoms with Gasteiger partial charge in [-0.1, -0.05) is 35.3 Å². The van der Waals surface area contributed by atoms with Crippen molar-refractivity contribution in [1.29, 1.82) is 0 Å². The summed E-state index contributed by atoms with van der Waals surface area (Å²) in [6.45, 7) is 0.0273. The molecule has 0 unspecified atom stereocenters. The number of hydrogen-bond acceptors (Lipinski definition) is 3. The third-order valence-electron chi connectivity index (χ3n) is 3.64. The van der Waals surface area contributed by atoms with Crippen LogP contribution < -0.4 is 5.56 Å². The number of aromatic nitrogens is 2. The van der Waals surface area contributed by atoms with E-state index in [9.17, 15) is 14.0 Å². The molecule has 3 rings (SSSR count). The van der Waals surface area contributed by atoms with E-state index in [4.69, 9.17) is 23.2 Å². The van der Waals surface area contributed by atoms with Crippen LogP contribution in [0.1, 0.15) is 16.2 Å². The highest BCUT2D eigenvalue weighted by Gasteiger charge is 2.19. The first-order valence-electron chi connectivity index (χ1n) is 7.25. The lowest BCUT2D eigenvalue weighted by molar-refractivity contribution is 0.0781. The van der Waals surface area contributed by atoms with E-state index in [1.165, 1.54) is 18.0 Å². The van der Waals surface area contributed by atoms with Crippen LogP contribution in [0.4, 0.5) is 4.39 Å². The maximum Gasteiger partial charge on any atom is 0.258 e. The third-order valence-corrected chi connectivity index (χ3v) is 4.24. The molecule has 0 bridgehead atoms. The van der Waals surface area contributed by atoms with Gasteiger partial charge in [0, 0.05) is 7.05 Å². The van der Waals surface area contributed by atoms with Crippen molar-refractivity contribution in [3.05, 3.63) is 74.0 Å². The number of hydrogen-bond donors (Lipinski definition) is 1. The van der Waals surface area contributed by atoms with Crippen LogP contribution in [-0.2, 0) is 6.54 Å². The van der Waals surface area contributed by atoms with Gasteiger partial charge < -0.3 is 9.88 Å². The van der Waals surface area contributed by atoms with Crippen LogP contribution in [0.25, 0.3) is 10.9 Å². The first-order valence-corrected chi connectivity index (χ1v) is 8.00. The molecule has 8 heteroatoms. The molecule has 1 N–H and O–H groups in total. The van der Waals surface area contributed by atoms with Gasteiger partial charge in [-0.3, -0.25) is 9.59 Å². The standard InChI is InChI=1S/C17H12Cl2FN3O2/c1-23(17(25)10-6-13(20)12(19)7-11(10)18)8-15-21-14-5-3-2-4-9(14)16(24)22-15/h2-7H,8H2,1H3,(H,21,22,24). The van der Waals surface area contributed by atoms with Crippen LogP contribution in [0, 0.1) is 5.82 Å². The SMILES string of the molecule is CN(Cc1nc2ccccc2c(=O)[nH]1)C(=O)c1cc(F)c(Cl)cc1Cl. The number of amides is 1. The molecule has 0 aliphatic heterocycles. The van der Waals surface area contributed by atoms with Gasteiger partial charge in [0.05, 0.1) is 33.1 Å². The number of carbonyl (C=O) groups excluding carboxylic acids is 1. The number of aromatic amines is 1. The molecule has 2 aromatic carbocycles. The molecule has 1 amide bonds. The second kappa shape index (κ2) is 6.82. The number of rotatable bonds is 3. The molecule has 0 radical (unpaired) electrons. The summed E-state index contributed by atoms with van der Waals surface area (Å²) in [6, 6.07) is 9.04. The molecule has 3 aromatic rings. The number of para-hydroxylation sites is 1. The zero-order valence-electron chi connectivity index (χ0n) is 13.0. The lowest BCUT2D eigenvalue weighted by Gasteiger charge is -2.17. The summed E-state index contributed by atoms with van der Waals surface area (Å²) in [5.74, 6) is -0.943. The highest BCUT2D eigenvalue weighted by Crippen LogP contribution is 2.25. The number of nitrogens with zero attached hydrogens (tertiary/aromatic N) is 2. The van der Waals surface area contributed by atoms with Crippen LogP contribution in [0.5, 0.6) is 0 Å². The Hall–Kier alpha value is -2.44. The number of benzene rings is 2. The average molecular weight is 380 g/mol. The van der Waals surface area contributed by atoms with E-state index in [0.29, 0.717) is 16.7 Å². The van der Waals surface area contributed by atoms with Crippen molar-refractivity contribution in [2.75, 3.05) is 7.05 Å². The zero-order chi connectivity index (χ0) is 18.1. The fraction of sp³-hybridized carbons (Fsp3) is 0.118. The summed E-state index contributed by atoms with van der Waals surface area (Å²) in [4.78, 5) is 32.8. The smallest absolute Gasteiger partial charge is 0.258 e. The average Bonchev–Trinajstić information content (AvgIpc) is 2.57. The van der Waals surface area contributed by atoms with Crippen LogP contribution in [0.3, 0.4) is 0 Å². The van der Waals surface area contributed by atoms with Gasteiger partial charge in [-0.15, -0.1) is 0 Å². The molecule has 1 aromatic heterocycles. The summed E-state index contributed by atoms with van der Waals surface area (Å²) in [7, 11) is 1.50. The van der Waals surface area contributed by atoms with Crippen molar-refractivity contribution >= 4 is 40.0 Å². The topological polar surface area (TPSA) is 66.1 Å². The minimum absolute atomic E-state index is 0.0193. The van der Waals surface area contributed by atoms with E-state index in [1.807, 2.05) is 0 Å². The van der Waals surface area contributed by atoms with Gasteiger partial charge in [-0.2, -0.15) is 0 Å². The summed E-state index contributed by atoms with van der Waals surface area (Å²) >= 11 is 11.6. The third kappa shape index (κ3) is 3.50. The minimum Gasteiger partial charge on any atom is -0.334 e. The maximum atomic E-state index is 13.6. The van der Waals surface area contributed by atoms with Crippen LogP contribution in [0.15, 0.2) is 41.2 Å². The Bertz CT molecular complexity index is 1040. The predicted molar refractivity (Wildman–Crippen MR) is 94.6 cm³/mol. The quantitative estimate of drug-likeness (QED) is 0.706. The van der Waals surface area contributed by atoms with Crippen LogP contribution in [-0.4, -0.2) is 27.8 Å². The van der Waals surface area contributed by atoms with Gasteiger partial charge in [0.2, 0.25) is 0 Å². The van der Waals surface area contributed by atoms with Crippen molar-refractivity contribution in [1.82, 2.24) is 14.9 Å². The summed E-state index contributed by atoms with van der Waals surface area (Å²) in [5, 5.41) is 0.344. The number of H-pyrrole nitrogens is 1. The number of fused-ring (bicyclic) bond motifs is 1. The normalized spacial score (nSPS) is 10.9. The van der Waals surface area contributed by atoms with E-state index in [0.717, 1.165) is 6.07 Å². The first-order chi connectivity index (χ1) is 11.9. The molecule has 1 heterocycles. The number of nitrogens with one attached hydrogen (secondary N) is 1. The zero-order valence-corrected chi connectivity index (χ0v) is 14.5. The molecule has 0 saturated heterocycles. The summed E-state index contributed by atoms with van der Waals surface area (Å²) in [6.07, 6.45) is 0. The molecule has 25 heavy (non-hydrogen) atoms. The van der Waals surface area contributed by atoms with Gasteiger partial charge in [0.15, 0.2) is 0 Å². The second-order valence-corrected chi connectivity index (χ2v) is 6.25. The fourth-order valence-electron chi connectivity index (χ4n) is 2.40. The summed E-state index contributed by atoms with van der Waals surface area (Å²) in [5.41, 5.74) is 0.212. The Morgan fingerprint density at radius 2 is 1.96 bits per heavy atom. The molecule has 0 atom stereocenters. The van der Waals surface area contributed by atoms with E-state index in [1.54, 1.807) is 24.3 Å². The highest BCUT2D eigenvalue weighted by atomic mass is 35.5. The second-order valence-electron chi connectivity index (χ2n) is 5.44. The number of halogens is 3. The molecule has 0 aliphatic carbocycles. The molecule has 5 nitrogen and oxygen atoms in total. The molecule has 128 valence electrons. The Balaban J connectivity index is 1.89. The van der Waals surface area contributed by atoms with E-state index in [-0.39, 0.29) is 27.7 Å². The van der Waals surface area contributed by atoms with Gasteiger partial charge in [0.25, 0.3) is 11.5 Å². The fourth-order valence-corrected chi connectivity index (χ4v) is 2.86. The van der Waals surface area contributed by atoms with E-state index >= 15 is 0 Å². The van der Waals surface area contributed by atoms with Gasteiger partial charge in [-0.05, 0) is 24.3 Å². The summed E-state index contributed by atoms with van der Waals surface area (Å²) < 4.78 is 13.6. The molecule has 0 saturated carbocycles. The van der Waals surface area contributed by atoms with Crippen molar-refractivity contribution in [3.8, 4) is 0 Å². The monoisotopic (exact) mass is 379 g/mol. The first kappa shape index (κ1) is 17.4. The van der Waals surface area contributed by atoms with Crippen molar-refractivity contribution < 1.29 is 9.18 Å². The van der Waals surface area contributed by atoms with Crippen molar-refractivity contribution in [2.24, 2.45) is 0 Å². The Kier molecular flexibility index (Phi) is 4.74. The van der Waals surface area contributed by atoms with Crippen LogP contribution in [0.2, 0.25) is 10.0 Å². The van der Waals surface area contributed by atoms with Crippen LogP contribution >= 0.6 is 23.2 Å². The van der Waals surface area contributed by atoms with Gasteiger partial charge in [-0.25, -0.2) is 9.37 Å². The largest absolute Gasteiger partial charge is 0.334 e. The lowest BCUT2D eigenvalue weighted by Crippen LogP contribution is -2.28. The van der Waals surface area contributed by atoms with Crippen molar-refractivity contribution in [3.63, 3.8) is 0 Å². The van der Waals surface area contributed by atoms with E-state index < -0.39 is 11.7 Å². The van der Waals surface area contributed by atoms with Crippen molar-refractivity contribution in [2.45, 2.75) is 6.54 Å². The van der Waals surface area contributed by atoms with E-state index in [2.05, 4.69) is 9.97 Å². The number of carbonyl (C=O) groups is 1. The molecule has 0 fully saturated rings. The lowest BCUT2D eigenvalue weighted by atomic mass is 10.2. The molecule has 0 spiro atoms. The van der Waals surface area contributed by atoms with Gasteiger partial charge >= 0.3 is 0 Å². The Morgan fingerprint density at radius 1 is 1.24 bits per heavy atom. The predicted octanol–water partition coefficient (Wildman–Crippen LogP) is 3.64. The molecular weight excluding hydrogens is 368 g/mol. The van der Waals surface area contributed by atoms with Gasteiger partial charge in [0.1, 0.15) is 11.6 Å². The Labute approximate surface area is 152 Å².